The largest absolute Gasteiger partial charge is 0.492 e. The summed E-state index contributed by atoms with van der Waals surface area (Å²) in [5.41, 5.74) is 6.07. The van der Waals surface area contributed by atoms with E-state index in [9.17, 15) is 4.79 Å². The lowest BCUT2D eigenvalue weighted by atomic mass is 10.2. The Morgan fingerprint density at radius 3 is 2.64 bits per heavy atom. The van der Waals surface area contributed by atoms with Crippen LogP contribution in [0.4, 0.5) is 4.79 Å². The SMILES string of the molecule is Cc1ccc(OCCNC(N)=O)cc1. The minimum atomic E-state index is -0.530. The molecule has 0 saturated heterocycles. The monoisotopic (exact) mass is 194 g/mol. The van der Waals surface area contributed by atoms with E-state index in [4.69, 9.17) is 10.5 Å². The fourth-order valence-corrected chi connectivity index (χ4v) is 0.978. The number of primary amides is 1. The Morgan fingerprint density at radius 1 is 1.43 bits per heavy atom. The summed E-state index contributed by atoms with van der Waals surface area (Å²) in [7, 11) is 0. The van der Waals surface area contributed by atoms with Crippen LogP contribution in [0.3, 0.4) is 0 Å². The molecule has 0 aromatic heterocycles. The van der Waals surface area contributed by atoms with Gasteiger partial charge in [0, 0.05) is 0 Å². The van der Waals surface area contributed by atoms with Crippen molar-refractivity contribution in [2.75, 3.05) is 13.2 Å². The van der Waals surface area contributed by atoms with E-state index in [1.165, 1.54) is 5.56 Å². The normalized spacial score (nSPS) is 9.50. The molecule has 4 nitrogen and oxygen atoms in total. The molecule has 0 aliphatic carbocycles. The highest BCUT2D eigenvalue weighted by Gasteiger charge is 1.93. The molecule has 1 rings (SSSR count). The standard InChI is InChI=1S/C10H14N2O2/c1-8-2-4-9(5-3-8)14-7-6-12-10(11)13/h2-5H,6-7H2,1H3,(H3,11,12,13). The number of carbonyl (C=O) groups excluding carboxylic acids is 1. The number of nitrogens with two attached hydrogens (primary N) is 1. The molecule has 1 aromatic rings. The van der Waals surface area contributed by atoms with Gasteiger partial charge in [0.25, 0.3) is 0 Å². The molecule has 3 N–H and O–H groups in total. The maximum absolute atomic E-state index is 10.3. The van der Waals surface area contributed by atoms with Gasteiger partial charge >= 0.3 is 6.03 Å². The van der Waals surface area contributed by atoms with E-state index in [0.29, 0.717) is 13.2 Å². The molecule has 0 unspecified atom stereocenters. The van der Waals surface area contributed by atoms with Gasteiger partial charge in [-0.2, -0.15) is 0 Å². The molecule has 0 saturated carbocycles. The van der Waals surface area contributed by atoms with Crippen molar-refractivity contribution >= 4 is 6.03 Å². The first kappa shape index (κ1) is 10.4. The summed E-state index contributed by atoms with van der Waals surface area (Å²) in [6, 6.07) is 7.19. The van der Waals surface area contributed by atoms with Gasteiger partial charge in [-0.1, -0.05) is 17.7 Å². The topological polar surface area (TPSA) is 64.3 Å². The molecule has 0 aliphatic heterocycles. The third kappa shape index (κ3) is 3.80. The average Bonchev–Trinajstić information content (AvgIpc) is 2.15. The van der Waals surface area contributed by atoms with E-state index in [0.717, 1.165) is 5.75 Å². The van der Waals surface area contributed by atoms with Crippen molar-refractivity contribution in [1.82, 2.24) is 5.32 Å². The Bertz CT molecular complexity index is 295. The van der Waals surface area contributed by atoms with Crippen LogP contribution >= 0.6 is 0 Å². The Kier molecular flexibility index (Phi) is 3.79. The van der Waals surface area contributed by atoms with Gasteiger partial charge in [-0.25, -0.2) is 4.79 Å². The van der Waals surface area contributed by atoms with Crippen LogP contribution in [0.5, 0.6) is 5.75 Å². The first-order valence-corrected chi connectivity index (χ1v) is 4.41. The van der Waals surface area contributed by atoms with Crippen LogP contribution in [-0.4, -0.2) is 19.2 Å². The summed E-state index contributed by atoms with van der Waals surface area (Å²) in [6.45, 7) is 2.85. The predicted molar refractivity (Wildman–Crippen MR) is 54.3 cm³/mol. The maximum Gasteiger partial charge on any atom is 0.312 e. The first-order valence-electron chi connectivity index (χ1n) is 4.41. The molecule has 0 bridgehead atoms. The molecule has 0 spiro atoms. The van der Waals surface area contributed by atoms with Crippen molar-refractivity contribution in [3.8, 4) is 5.75 Å². The molecule has 0 fully saturated rings. The Labute approximate surface area is 83.1 Å². The molecule has 0 atom stereocenters. The van der Waals surface area contributed by atoms with Gasteiger partial charge in [0.2, 0.25) is 0 Å². The summed E-state index contributed by atoms with van der Waals surface area (Å²) in [6.07, 6.45) is 0. The van der Waals surface area contributed by atoms with Crippen LogP contribution in [0.15, 0.2) is 24.3 Å². The van der Waals surface area contributed by atoms with Crippen molar-refractivity contribution in [3.05, 3.63) is 29.8 Å². The van der Waals surface area contributed by atoms with E-state index < -0.39 is 6.03 Å². The van der Waals surface area contributed by atoms with Crippen LogP contribution in [0.2, 0.25) is 0 Å². The molecule has 2 amide bonds. The second-order valence-electron chi connectivity index (χ2n) is 2.95. The number of nitrogens with one attached hydrogen (secondary N) is 1. The van der Waals surface area contributed by atoms with Crippen LogP contribution in [-0.2, 0) is 0 Å². The lowest BCUT2D eigenvalue weighted by Gasteiger charge is -2.06. The van der Waals surface area contributed by atoms with E-state index in [1.807, 2.05) is 31.2 Å². The second kappa shape index (κ2) is 5.11. The van der Waals surface area contributed by atoms with Crippen LogP contribution in [0, 0.1) is 6.92 Å². The minimum absolute atomic E-state index is 0.420. The van der Waals surface area contributed by atoms with E-state index in [1.54, 1.807) is 0 Å². The molecule has 4 heteroatoms. The Balaban J connectivity index is 2.25. The smallest absolute Gasteiger partial charge is 0.312 e. The number of amides is 2. The third-order valence-electron chi connectivity index (χ3n) is 1.69. The van der Waals surface area contributed by atoms with Crippen molar-refractivity contribution in [1.29, 1.82) is 0 Å². The zero-order valence-electron chi connectivity index (χ0n) is 8.12. The lowest BCUT2D eigenvalue weighted by molar-refractivity contribution is 0.244. The quantitative estimate of drug-likeness (QED) is 0.703. The highest BCUT2D eigenvalue weighted by Crippen LogP contribution is 2.10. The van der Waals surface area contributed by atoms with Gasteiger partial charge in [0.15, 0.2) is 0 Å². The highest BCUT2D eigenvalue weighted by atomic mass is 16.5. The van der Waals surface area contributed by atoms with Crippen LogP contribution in [0.25, 0.3) is 0 Å². The molecule has 0 heterocycles. The summed E-state index contributed by atoms with van der Waals surface area (Å²) in [5, 5.41) is 2.44. The number of hydrogen-bond acceptors (Lipinski definition) is 2. The molecule has 1 aromatic carbocycles. The fourth-order valence-electron chi connectivity index (χ4n) is 0.978. The molecular formula is C10H14N2O2. The predicted octanol–water partition coefficient (Wildman–Crippen LogP) is 1.04. The van der Waals surface area contributed by atoms with Crippen molar-refractivity contribution < 1.29 is 9.53 Å². The van der Waals surface area contributed by atoms with Gasteiger partial charge in [0.1, 0.15) is 12.4 Å². The molecule has 76 valence electrons. The van der Waals surface area contributed by atoms with Gasteiger partial charge in [-0.15, -0.1) is 0 Å². The number of benzene rings is 1. The van der Waals surface area contributed by atoms with Gasteiger partial charge in [0.05, 0.1) is 6.54 Å². The zero-order valence-corrected chi connectivity index (χ0v) is 8.12. The number of rotatable bonds is 4. The molecule has 0 aliphatic rings. The van der Waals surface area contributed by atoms with Crippen LogP contribution < -0.4 is 15.8 Å². The number of carbonyl (C=O) groups is 1. The number of aryl methyl sites for hydroxylation is 1. The fraction of sp³-hybridized carbons (Fsp3) is 0.300. The Hall–Kier alpha value is -1.71. The second-order valence-corrected chi connectivity index (χ2v) is 2.95. The van der Waals surface area contributed by atoms with Crippen molar-refractivity contribution in [2.24, 2.45) is 5.73 Å². The lowest BCUT2D eigenvalue weighted by Crippen LogP contribution is -2.32. The Morgan fingerprint density at radius 2 is 2.07 bits per heavy atom. The van der Waals surface area contributed by atoms with Crippen LogP contribution in [0.1, 0.15) is 5.56 Å². The van der Waals surface area contributed by atoms with Crippen molar-refractivity contribution in [2.45, 2.75) is 6.92 Å². The number of hydrogen-bond donors (Lipinski definition) is 2. The first-order chi connectivity index (χ1) is 6.68. The number of urea groups is 1. The summed E-state index contributed by atoms with van der Waals surface area (Å²) >= 11 is 0. The summed E-state index contributed by atoms with van der Waals surface area (Å²) < 4.78 is 5.34. The van der Waals surface area contributed by atoms with Crippen molar-refractivity contribution in [3.63, 3.8) is 0 Å². The molecule has 0 radical (unpaired) electrons. The number of ether oxygens (including phenoxy) is 1. The average molecular weight is 194 g/mol. The van der Waals surface area contributed by atoms with E-state index in [-0.39, 0.29) is 0 Å². The zero-order chi connectivity index (χ0) is 10.4. The highest BCUT2D eigenvalue weighted by molar-refractivity contribution is 5.71. The molecule has 14 heavy (non-hydrogen) atoms. The van der Waals surface area contributed by atoms with Gasteiger partial charge in [-0.3, -0.25) is 0 Å². The molecular weight excluding hydrogens is 180 g/mol. The minimum Gasteiger partial charge on any atom is -0.492 e. The van der Waals surface area contributed by atoms with E-state index >= 15 is 0 Å². The summed E-state index contributed by atoms with van der Waals surface area (Å²) in [4.78, 5) is 10.3. The summed E-state index contributed by atoms with van der Waals surface area (Å²) in [5.74, 6) is 0.793. The van der Waals surface area contributed by atoms with E-state index in [2.05, 4.69) is 5.32 Å². The third-order valence-corrected chi connectivity index (χ3v) is 1.69. The van der Waals surface area contributed by atoms with Gasteiger partial charge in [-0.05, 0) is 19.1 Å². The maximum atomic E-state index is 10.3. The van der Waals surface area contributed by atoms with Gasteiger partial charge < -0.3 is 15.8 Å².